The van der Waals surface area contributed by atoms with E-state index in [1.54, 1.807) is 0 Å². The average molecular weight is 429 g/mol. The Morgan fingerprint density at radius 3 is 2.62 bits per heavy atom. The van der Waals surface area contributed by atoms with Gasteiger partial charge >= 0.3 is 5.69 Å². The predicted octanol–water partition coefficient (Wildman–Crippen LogP) is 2.53. The lowest BCUT2D eigenvalue weighted by atomic mass is 9.93. The van der Waals surface area contributed by atoms with Crippen LogP contribution in [0.3, 0.4) is 0 Å². The second kappa shape index (κ2) is 7.51. The van der Waals surface area contributed by atoms with Gasteiger partial charge in [0.05, 0.1) is 24.7 Å². The van der Waals surface area contributed by atoms with Gasteiger partial charge in [-0.25, -0.2) is 22.6 Å². The van der Waals surface area contributed by atoms with Crippen LogP contribution in [0.15, 0.2) is 23.0 Å². The lowest BCUT2D eigenvalue weighted by Gasteiger charge is -2.29. The van der Waals surface area contributed by atoms with Gasteiger partial charge in [0.15, 0.2) is 12.3 Å². The molecule has 4 unspecified atom stereocenters. The zero-order valence-electron chi connectivity index (χ0n) is 15.7. The maximum atomic E-state index is 13.6. The lowest BCUT2D eigenvalue weighted by molar-refractivity contribution is -0.135. The maximum absolute atomic E-state index is 13.6. The fourth-order valence-electron chi connectivity index (χ4n) is 4.04. The molecule has 0 radical (unpaired) electrons. The summed E-state index contributed by atoms with van der Waals surface area (Å²) in [6.07, 6.45) is -2.51. The Bertz CT molecular complexity index is 998. The van der Waals surface area contributed by atoms with Crippen LogP contribution in [0, 0.1) is 11.7 Å². The van der Waals surface area contributed by atoms with Gasteiger partial charge in [0.2, 0.25) is 5.91 Å². The van der Waals surface area contributed by atoms with Gasteiger partial charge in [-0.2, -0.15) is 5.10 Å². The minimum absolute atomic E-state index is 0.0585. The Hall–Kier alpha value is -2.29. The first kappa shape index (κ1) is 20.0. The second-order valence-electron chi connectivity index (χ2n) is 7.81. The van der Waals surface area contributed by atoms with E-state index in [2.05, 4.69) is 5.10 Å². The topological polar surface area (TPSA) is 60.1 Å². The number of carbonyl (C=O) groups excluding carboxylic acids is 1. The third-order valence-electron chi connectivity index (χ3n) is 5.50. The van der Waals surface area contributed by atoms with Crippen molar-refractivity contribution >= 4 is 17.5 Å². The van der Waals surface area contributed by atoms with Crippen molar-refractivity contribution in [1.29, 1.82) is 0 Å². The summed E-state index contributed by atoms with van der Waals surface area (Å²) in [5.74, 6) is -0.494. The zero-order chi connectivity index (χ0) is 20.9. The Morgan fingerprint density at radius 2 is 1.97 bits per heavy atom. The molecule has 6 nitrogen and oxygen atoms in total. The van der Waals surface area contributed by atoms with E-state index in [0.717, 1.165) is 4.90 Å². The van der Waals surface area contributed by atoms with Crippen LogP contribution in [0.2, 0.25) is 5.02 Å². The third kappa shape index (κ3) is 3.68. The van der Waals surface area contributed by atoms with Crippen LogP contribution in [0.5, 0.6) is 0 Å². The first-order chi connectivity index (χ1) is 13.7. The highest BCUT2D eigenvalue weighted by molar-refractivity contribution is 6.30. The molecule has 2 aliphatic heterocycles. The SMILES string of the molecule is CC1Cc2nn(Cc3ccc(F)c(Cl)c3)c(=O)n2C(C(=O)N2CC(F)C(F)C2)C1. The molecule has 0 N–H and O–H groups in total. The largest absolute Gasteiger partial charge is 0.346 e. The molecule has 10 heteroatoms. The lowest BCUT2D eigenvalue weighted by Crippen LogP contribution is -2.43. The number of hydrogen-bond acceptors (Lipinski definition) is 3. The van der Waals surface area contributed by atoms with Crippen LogP contribution >= 0.6 is 11.6 Å². The summed E-state index contributed by atoms with van der Waals surface area (Å²) in [6, 6.07) is 3.29. The van der Waals surface area contributed by atoms with E-state index in [1.165, 1.54) is 27.4 Å². The summed E-state index contributed by atoms with van der Waals surface area (Å²) in [7, 11) is 0. The smallest absolute Gasteiger partial charge is 0.335 e. The molecule has 1 amide bonds. The number of likely N-dealkylation sites (tertiary alicyclic amines) is 1. The van der Waals surface area contributed by atoms with Crippen molar-refractivity contribution in [1.82, 2.24) is 19.2 Å². The molecule has 0 aliphatic carbocycles. The van der Waals surface area contributed by atoms with Crippen molar-refractivity contribution in [2.45, 2.75) is 44.7 Å². The molecule has 2 aromatic rings. The van der Waals surface area contributed by atoms with Crippen molar-refractivity contribution in [3.8, 4) is 0 Å². The fourth-order valence-corrected chi connectivity index (χ4v) is 4.24. The van der Waals surface area contributed by atoms with E-state index < -0.39 is 35.8 Å². The molecule has 4 rings (SSSR count). The normalized spacial score (nSPS) is 26.6. The summed E-state index contributed by atoms with van der Waals surface area (Å²) in [5, 5.41) is 4.29. The average Bonchev–Trinajstić information content (AvgIpc) is 3.16. The predicted molar refractivity (Wildman–Crippen MR) is 99.9 cm³/mol. The number of alkyl halides is 2. The summed E-state index contributed by atoms with van der Waals surface area (Å²) in [6.45, 7) is 1.39. The molecular formula is C19H20ClF3N4O2. The summed E-state index contributed by atoms with van der Waals surface area (Å²) < 4.78 is 43.0. The molecule has 1 aromatic heterocycles. The molecule has 0 saturated carbocycles. The molecule has 156 valence electrons. The van der Waals surface area contributed by atoms with Crippen molar-refractivity contribution in [3.05, 3.63) is 50.9 Å². The van der Waals surface area contributed by atoms with Crippen LogP contribution in [0.25, 0.3) is 0 Å². The summed E-state index contributed by atoms with van der Waals surface area (Å²) in [4.78, 5) is 27.1. The molecule has 29 heavy (non-hydrogen) atoms. The molecule has 1 aromatic carbocycles. The van der Waals surface area contributed by atoms with Crippen LogP contribution in [0.4, 0.5) is 13.2 Å². The monoisotopic (exact) mass is 428 g/mol. The van der Waals surface area contributed by atoms with E-state index in [1.807, 2.05) is 6.92 Å². The van der Waals surface area contributed by atoms with E-state index in [0.29, 0.717) is 24.2 Å². The number of hydrogen-bond donors (Lipinski definition) is 0. The van der Waals surface area contributed by atoms with E-state index in [4.69, 9.17) is 11.6 Å². The Kier molecular flexibility index (Phi) is 5.18. The number of carbonyl (C=O) groups is 1. The number of halogens is 4. The maximum Gasteiger partial charge on any atom is 0.346 e. The van der Waals surface area contributed by atoms with Gasteiger partial charge < -0.3 is 4.90 Å². The molecular weight excluding hydrogens is 409 g/mol. The minimum atomic E-state index is -1.71. The van der Waals surface area contributed by atoms with E-state index in [-0.39, 0.29) is 30.6 Å². The molecule has 4 atom stereocenters. The number of rotatable bonds is 3. The Balaban J connectivity index is 1.65. The van der Waals surface area contributed by atoms with Crippen molar-refractivity contribution < 1.29 is 18.0 Å². The number of nitrogens with zero attached hydrogens (tertiary/aromatic N) is 4. The second-order valence-corrected chi connectivity index (χ2v) is 8.22. The van der Waals surface area contributed by atoms with Crippen LogP contribution in [0.1, 0.15) is 30.8 Å². The third-order valence-corrected chi connectivity index (χ3v) is 5.79. The van der Waals surface area contributed by atoms with Crippen LogP contribution < -0.4 is 5.69 Å². The molecule has 0 bridgehead atoms. The van der Waals surface area contributed by atoms with Crippen LogP contribution in [-0.2, 0) is 17.8 Å². The first-order valence-corrected chi connectivity index (χ1v) is 9.81. The van der Waals surface area contributed by atoms with Gasteiger partial charge in [-0.15, -0.1) is 0 Å². The first-order valence-electron chi connectivity index (χ1n) is 9.43. The van der Waals surface area contributed by atoms with E-state index >= 15 is 0 Å². The quantitative estimate of drug-likeness (QED) is 0.754. The number of amides is 1. The standard InChI is InChI=1S/C19H20ClF3N4O2/c1-10-4-16(18(28)25-8-14(22)15(23)9-25)27-17(5-10)24-26(19(27)29)7-11-2-3-13(21)12(20)6-11/h2-3,6,10,14-16H,4-5,7-9H2,1H3. The molecule has 0 spiro atoms. The highest BCUT2D eigenvalue weighted by Gasteiger charge is 2.41. The van der Waals surface area contributed by atoms with Gasteiger partial charge in [-0.05, 0) is 30.0 Å². The Labute approximate surface area is 169 Å². The van der Waals surface area contributed by atoms with Crippen LogP contribution in [-0.4, -0.2) is 50.6 Å². The Morgan fingerprint density at radius 1 is 1.28 bits per heavy atom. The minimum Gasteiger partial charge on any atom is -0.335 e. The van der Waals surface area contributed by atoms with Crippen molar-refractivity contribution in [2.75, 3.05) is 13.1 Å². The van der Waals surface area contributed by atoms with E-state index in [9.17, 15) is 22.8 Å². The number of fused-ring (bicyclic) bond motifs is 1. The van der Waals surface area contributed by atoms with Crippen molar-refractivity contribution in [3.63, 3.8) is 0 Å². The highest BCUT2D eigenvalue weighted by atomic mass is 35.5. The van der Waals surface area contributed by atoms with Gasteiger partial charge in [-0.1, -0.05) is 24.6 Å². The molecule has 2 aliphatic rings. The molecule has 1 saturated heterocycles. The van der Waals surface area contributed by atoms with Gasteiger partial charge in [0, 0.05) is 6.42 Å². The van der Waals surface area contributed by atoms with Gasteiger partial charge in [0.25, 0.3) is 0 Å². The molecule has 3 heterocycles. The highest BCUT2D eigenvalue weighted by Crippen LogP contribution is 2.30. The van der Waals surface area contributed by atoms with Crippen molar-refractivity contribution in [2.24, 2.45) is 5.92 Å². The fraction of sp³-hybridized carbons (Fsp3) is 0.526. The zero-order valence-corrected chi connectivity index (χ0v) is 16.5. The van der Waals surface area contributed by atoms with Gasteiger partial charge in [-0.3, -0.25) is 9.36 Å². The molecule has 1 fully saturated rings. The summed E-state index contributed by atoms with van der Waals surface area (Å²) in [5.41, 5.74) is 0.100. The number of aromatic nitrogens is 3. The number of benzene rings is 1. The summed E-state index contributed by atoms with van der Waals surface area (Å²) >= 11 is 5.80. The van der Waals surface area contributed by atoms with Gasteiger partial charge in [0.1, 0.15) is 17.7 Å².